The fourth-order valence-corrected chi connectivity index (χ4v) is 2.37. The number of carbonyl (C=O) groups excluding carboxylic acids is 2. The van der Waals surface area contributed by atoms with Gasteiger partial charge in [-0.1, -0.05) is 17.7 Å². The third kappa shape index (κ3) is 4.55. The second-order valence-corrected chi connectivity index (χ2v) is 5.95. The minimum Gasteiger partial charge on any atom is -0.330 e. The third-order valence-corrected chi connectivity index (χ3v) is 3.87. The molecule has 0 saturated carbocycles. The average Bonchev–Trinajstić information content (AvgIpc) is 2.56. The Balaban J connectivity index is 2.06. The number of aromatic nitrogens is 1. The Morgan fingerprint density at radius 2 is 1.96 bits per heavy atom. The number of anilines is 1. The molecule has 0 aliphatic rings. The predicted molar refractivity (Wildman–Crippen MR) is 95.4 cm³/mol. The zero-order chi connectivity index (χ0) is 17.7. The minimum absolute atomic E-state index is 0.0326. The summed E-state index contributed by atoms with van der Waals surface area (Å²) in [5, 5.41) is 3.34. The molecule has 0 unspecified atom stereocenters. The summed E-state index contributed by atoms with van der Waals surface area (Å²) in [6.07, 6.45) is 1.53. The van der Waals surface area contributed by atoms with Crippen molar-refractivity contribution in [3.05, 3.63) is 58.4 Å². The van der Waals surface area contributed by atoms with Crippen LogP contribution in [0.25, 0.3) is 0 Å². The highest BCUT2D eigenvalue weighted by atomic mass is 35.5. The van der Waals surface area contributed by atoms with Crippen molar-refractivity contribution in [2.75, 3.05) is 18.4 Å². The number of pyridine rings is 1. The van der Waals surface area contributed by atoms with E-state index in [1.165, 1.54) is 11.1 Å². The molecular formula is C18H20ClN3O2. The van der Waals surface area contributed by atoms with Crippen molar-refractivity contribution in [2.45, 2.75) is 20.8 Å². The number of nitrogens with one attached hydrogen (secondary N) is 1. The minimum atomic E-state index is -0.268. The number of aryl methyl sites for hydroxylation is 2. The van der Waals surface area contributed by atoms with Crippen molar-refractivity contribution in [3.8, 4) is 0 Å². The molecule has 0 spiro atoms. The van der Waals surface area contributed by atoms with E-state index in [0.717, 1.165) is 11.3 Å². The molecule has 126 valence electrons. The quantitative estimate of drug-likeness (QED) is 0.902. The second-order valence-electron chi connectivity index (χ2n) is 5.52. The van der Waals surface area contributed by atoms with Crippen molar-refractivity contribution < 1.29 is 9.59 Å². The first kappa shape index (κ1) is 17.9. The zero-order valence-corrected chi connectivity index (χ0v) is 14.7. The van der Waals surface area contributed by atoms with Crippen molar-refractivity contribution in [2.24, 2.45) is 0 Å². The number of hydrogen-bond acceptors (Lipinski definition) is 3. The van der Waals surface area contributed by atoms with Gasteiger partial charge in [-0.05, 0) is 50.6 Å². The number of hydrogen-bond donors (Lipinski definition) is 1. The van der Waals surface area contributed by atoms with E-state index in [0.29, 0.717) is 22.8 Å². The number of halogens is 1. The van der Waals surface area contributed by atoms with Crippen molar-refractivity contribution >= 4 is 29.1 Å². The Labute approximate surface area is 146 Å². The van der Waals surface area contributed by atoms with Gasteiger partial charge in [0.2, 0.25) is 5.91 Å². The van der Waals surface area contributed by atoms with Gasteiger partial charge in [-0.15, -0.1) is 0 Å². The Hall–Kier alpha value is -2.40. The van der Waals surface area contributed by atoms with Crippen LogP contribution in [0.15, 0.2) is 36.5 Å². The van der Waals surface area contributed by atoms with Crippen LogP contribution in [-0.4, -0.2) is 34.8 Å². The average molecular weight is 346 g/mol. The van der Waals surface area contributed by atoms with Crippen LogP contribution in [0.5, 0.6) is 0 Å². The SMILES string of the molecule is CCN(CC(=O)Nc1cc(Cl)ccc1C)C(=O)c1ccc(C)nc1. The Morgan fingerprint density at radius 3 is 2.58 bits per heavy atom. The maximum Gasteiger partial charge on any atom is 0.255 e. The van der Waals surface area contributed by atoms with E-state index in [-0.39, 0.29) is 18.4 Å². The lowest BCUT2D eigenvalue weighted by Gasteiger charge is -2.20. The predicted octanol–water partition coefficient (Wildman–Crippen LogP) is 3.45. The number of carbonyl (C=O) groups is 2. The summed E-state index contributed by atoms with van der Waals surface area (Å²) in [6, 6.07) is 8.77. The lowest BCUT2D eigenvalue weighted by Crippen LogP contribution is -2.38. The summed E-state index contributed by atoms with van der Waals surface area (Å²) in [5.74, 6) is -0.487. The summed E-state index contributed by atoms with van der Waals surface area (Å²) in [6.45, 7) is 5.96. The Kier molecular flexibility index (Phi) is 5.93. The molecule has 2 aromatic rings. The molecule has 1 heterocycles. The molecule has 2 amide bonds. The van der Waals surface area contributed by atoms with E-state index in [2.05, 4.69) is 10.3 Å². The van der Waals surface area contributed by atoms with Crippen LogP contribution < -0.4 is 5.32 Å². The molecule has 1 aromatic heterocycles. The van der Waals surface area contributed by atoms with E-state index >= 15 is 0 Å². The summed E-state index contributed by atoms with van der Waals surface area (Å²) < 4.78 is 0. The van der Waals surface area contributed by atoms with E-state index < -0.39 is 0 Å². The highest BCUT2D eigenvalue weighted by Crippen LogP contribution is 2.20. The van der Waals surface area contributed by atoms with Crippen LogP contribution in [0.4, 0.5) is 5.69 Å². The first-order chi connectivity index (χ1) is 11.4. The van der Waals surface area contributed by atoms with Gasteiger partial charge in [0.05, 0.1) is 5.56 Å². The standard InChI is InChI=1S/C18H20ClN3O2/c1-4-22(18(24)14-7-6-13(3)20-10-14)11-17(23)21-16-9-15(19)8-5-12(16)2/h5-10H,4,11H2,1-3H3,(H,21,23). The summed E-state index contributed by atoms with van der Waals surface area (Å²) in [7, 11) is 0. The molecule has 0 saturated heterocycles. The Morgan fingerprint density at radius 1 is 1.21 bits per heavy atom. The summed E-state index contributed by atoms with van der Waals surface area (Å²) >= 11 is 5.95. The number of amides is 2. The van der Waals surface area contributed by atoms with Gasteiger partial charge in [-0.3, -0.25) is 14.6 Å². The highest BCUT2D eigenvalue weighted by Gasteiger charge is 2.18. The first-order valence-electron chi connectivity index (χ1n) is 7.68. The fourth-order valence-electron chi connectivity index (χ4n) is 2.20. The van der Waals surface area contributed by atoms with E-state index in [1.807, 2.05) is 26.8 Å². The van der Waals surface area contributed by atoms with Crippen LogP contribution >= 0.6 is 11.6 Å². The zero-order valence-electron chi connectivity index (χ0n) is 14.0. The molecular weight excluding hydrogens is 326 g/mol. The number of rotatable bonds is 5. The molecule has 0 aliphatic heterocycles. The first-order valence-corrected chi connectivity index (χ1v) is 8.06. The monoisotopic (exact) mass is 345 g/mol. The van der Waals surface area contributed by atoms with E-state index in [9.17, 15) is 9.59 Å². The van der Waals surface area contributed by atoms with Crippen LogP contribution in [0, 0.1) is 13.8 Å². The van der Waals surface area contributed by atoms with Gasteiger partial charge >= 0.3 is 0 Å². The maximum absolute atomic E-state index is 12.5. The normalized spacial score (nSPS) is 10.3. The van der Waals surface area contributed by atoms with Gasteiger partial charge < -0.3 is 10.2 Å². The molecule has 0 radical (unpaired) electrons. The van der Waals surface area contributed by atoms with Gasteiger partial charge in [-0.25, -0.2) is 0 Å². The van der Waals surface area contributed by atoms with Crippen molar-refractivity contribution in [3.63, 3.8) is 0 Å². The highest BCUT2D eigenvalue weighted by molar-refractivity contribution is 6.31. The van der Waals surface area contributed by atoms with Crippen LogP contribution in [0.1, 0.15) is 28.5 Å². The van der Waals surface area contributed by atoms with E-state index in [1.54, 1.807) is 24.3 Å². The molecule has 24 heavy (non-hydrogen) atoms. The summed E-state index contributed by atoms with van der Waals surface area (Å²) in [5.41, 5.74) is 2.86. The van der Waals surface area contributed by atoms with Crippen molar-refractivity contribution in [1.29, 1.82) is 0 Å². The van der Waals surface area contributed by atoms with Gasteiger partial charge in [0.25, 0.3) is 5.91 Å². The second kappa shape index (κ2) is 7.93. The molecule has 0 bridgehead atoms. The fraction of sp³-hybridized carbons (Fsp3) is 0.278. The molecule has 0 fully saturated rings. The van der Waals surface area contributed by atoms with Gasteiger partial charge in [0, 0.05) is 29.1 Å². The Bertz CT molecular complexity index is 744. The van der Waals surface area contributed by atoms with Crippen LogP contribution in [0.2, 0.25) is 5.02 Å². The summed E-state index contributed by atoms with van der Waals surface area (Å²) in [4.78, 5) is 30.3. The van der Waals surface area contributed by atoms with Gasteiger partial charge in [0.15, 0.2) is 0 Å². The topological polar surface area (TPSA) is 62.3 Å². The number of likely N-dealkylation sites (N-methyl/N-ethyl adjacent to an activating group) is 1. The lowest BCUT2D eigenvalue weighted by atomic mass is 10.2. The van der Waals surface area contributed by atoms with E-state index in [4.69, 9.17) is 11.6 Å². The molecule has 1 aromatic carbocycles. The van der Waals surface area contributed by atoms with Crippen molar-refractivity contribution in [1.82, 2.24) is 9.88 Å². The number of benzene rings is 1. The maximum atomic E-state index is 12.5. The number of nitrogens with zero attached hydrogens (tertiary/aromatic N) is 2. The molecule has 0 aliphatic carbocycles. The molecule has 0 atom stereocenters. The lowest BCUT2D eigenvalue weighted by molar-refractivity contribution is -0.116. The van der Waals surface area contributed by atoms with Gasteiger partial charge in [0.1, 0.15) is 6.54 Å². The largest absolute Gasteiger partial charge is 0.330 e. The molecule has 2 rings (SSSR count). The third-order valence-electron chi connectivity index (χ3n) is 3.64. The van der Waals surface area contributed by atoms with Crippen LogP contribution in [0.3, 0.4) is 0 Å². The van der Waals surface area contributed by atoms with Gasteiger partial charge in [-0.2, -0.15) is 0 Å². The molecule has 1 N–H and O–H groups in total. The molecule has 6 heteroatoms. The van der Waals surface area contributed by atoms with Crippen LogP contribution in [-0.2, 0) is 4.79 Å². The molecule has 5 nitrogen and oxygen atoms in total. The smallest absolute Gasteiger partial charge is 0.255 e.